The summed E-state index contributed by atoms with van der Waals surface area (Å²) in [6, 6.07) is 7.85. The number of benzene rings is 1. The van der Waals surface area contributed by atoms with Gasteiger partial charge >= 0.3 is 6.09 Å². The molecule has 1 heterocycles. The summed E-state index contributed by atoms with van der Waals surface area (Å²) in [5, 5.41) is 11.2. The Morgan fingerprint density at radius 2 is 2.12 bits per heavy atom. The van der Waals surface area contributed by atoms with Crippen LogP contribution in [-0.2, 0) is 10.5 Å². The number of aryl methyl sites for hydroxylation is 1. The van der Waals surface area contributed by atoms with Gasteiger partial charge in [-0.2, -0.15) is 0 Å². The number of alkyl carbamates (subject to hydrolysis) is 1. The number of nitrogens with one attached hydrogen (secondary N) is 1. The van der Waals surface area contributed by atoms with Crippen molar-refractivity contribution in [3.05, 3.63) is 41.3 Å². The number of hydrogen-bond donors (Lipinski definition) is 1. The Morgan fingerprint density at radius 3 is 2.79 bits per heavy atom. The van der Waals surface area contributed by atoms with E-state index in [0.717, 1.165) is 5.75 Å². The molecule has 1 amide bonds. The van der Waals surface area contributed by atoms with Crippen molar-refractivity contribution in [2.75, 3.05) is 0 Å². The molecule has 2 aromatic rings. The van der Waals surface area contributed by atoms with E-state index in [0.29, 0.717) is 11.1 Å². The molecule has 0 unspecified atom stereocenters. The Labute approximate surface area is 146 Å². The van der Waals surface area contributed by atoms with Crippen LogP contribution in [0.15, 0.2) is 33.9 Å². The zero-order valence-corrected chi connectivity index (χ0v) is 15.4. The third kappa shape index (κ3) is 5.88. The van der Waals surface area contributed by atoms with Gasteiger partial charge in [-0.1, -0.05) is 41.6 Å². The molecule has 0 radical (unpaired) electrons. The third-order valence-corrected chi connectivity index (χ3v) is 3.86. The number of hydrogen-bond acceptors (Lipinski definition) is 6. The summed E-state index contributed by atoms with van der Waals surface area (Å²) < 4.78 is 10.8. The minimum atomic E-state index is -0.548. The zero-order chi connectivity index (χ0) is 17.7. The first-order valence-corrected chi connectivity index (χ1v) is 8.73. The van der Waals surface area contributed by atoms with Crippen LogP contribution >= 0.6 is 11.8 Å². The highest BCUT2D eigenvalue weighted by Crippen LogP contribution is 2.23. The second-order valence-corrected chi connectivity index (χ2v) is 7.48. The summed E-state index contributed by atoms with van der Waals surface area (Å²) in [5.74, 6) is 1.10. The van der Waals surface area contributed by atoms with Crippen molar-refractivity contribution in [3.63, 3.8) is 0 Å². The predicted molar refractivity (Wildman–Crippen MR) is 92.8 cm³/mol. The molecule has 0 aliphatic heterocycles. The van der Waals surface area contributed by atoms with Gasteiger partial charge in [0.1, 0.15) is 11.6 Å². The smallest absolute Gasteiger partial charge is 0.408 e. The summed E-state index contributed by atoms with van der Waals surface area (Å²) in [6.45, 7) is 9.26. The fraction of sp³-hybridized carbons (Fsp3) is 0.471. The van der Waals surface area contributed by atoms with Crippen molar-refractivity contribution in [2.24, 2.45) is 0 Å². The standard InChI is InChI=1S/C17H23N3O3S/c1-11-7-6-8-13(9-11)10-24-16-20-19-14(22-16)12(2)18-15(21)23-17(3,4)5/h6-9,12H,10H2,1-5H3,(H,18,21)/t12-/m0/s1. The molecule has 24 heavy (non-hydrogen) atoms. The van der Waals surface area contributed by atoms with E-state index in [1.807, 2.05) is 26.8 Å². The van der Waals surface area contributed by atoms with Crippen molar-refractivity contribution in [1.82, 2.24) is 15.5 Å². The first-order chi connectivity index (χ1) is 11.2. The first kappa shape index (κ1) is 18.3. The normalized spacial score (nSPS) is 12.7. The SMILES string of the molecule is Cc1cccc(CSc2nnc([C@H](C)NC(=O)OC(C)(C)C)o2)c1. The molecular weight excluding hydrogens is 326 g/mol. The summed E-state index contributed by atoms with van der Waals surface area (Å²) in [6.07, 6.45) is -0.512. The van der Waals surface area contributed by atoms with Crippen molar-refractivity contribution >= 4 is 17.9 Å². The van der Waals surface area contributed by atoms with E-state index in [-0.39, 0.29) is 0 Å². The maximum absolute atomic E-state index is 11.8. The number of thioether (sulfide) groups is 1. The lowest BCUT2D eigenvalue weighted by molar-refractivity contribution is 0.0500. The summed E-state index contributed by atoms with van der Waals surface area (Å²) in [5.41, 5.74) is 1.86. The second-order valence-electron chi connectivity index (χ2n) is 6.55. The Morgan fingerprint density at radius 1 is 1.38 bits per heavy atom. The molecule has 0 saturated heterocycles. The van der Waals surface area contributed by atoms with Gasteiger partial charge in [-0.05, 0) is 40.2 Å². The van der Waals surface area contributed by atoms with Crippen LogP contribution in [0.5, 0.6) is 0 Å². The van der Waals surface area contributed by atoms with Crippen LogP contribution in [0, 0.1) is 6.92 Å². The molecule has 0 fully saturated rings. The average molecular weight is 349 g/mol. The van der Waals surface area contributed by atoms with Crippen LogP contribution in [0.3, 0.4) is 0 Å². The Kier molecular flexibility index (Phi) is 5.88. The molecule has 130 valence electrons. The second kappa shape index (κ2) is 7.70. The molecule has 0 saturated carbocycles. The maximum atomic E-state index is 11.8. The molecular formula is C17H23N3O3S. The molecule has 0 aliphatic carbocycles. The molecule has 1 N–H and O–H groups in total. The van der Waals surface area contributed by atoms with Crippen LogP contribution in [0.1, 0.15) is 50.8 Å². The Bertz CT molecular complexity index is 694. The quantitative estimate of drug-likeness (QED) is 0.813. The summed E-state index contributed by atoms with van der Waals surface area (Å²) >= 11 is 1.47. The van der Waals surface area contributed by atoms with Crippen LogP contribution < -0.4 is 5.32 Å². The number of aromatic nitrogens is 2. The van der Waals surface area contributed by atoms with E-state index in [2.05, 4.69) is 40.6 Å². The molecule has 0 aliphatic rings. The molecule has 0 spiro atoms. The average Bonchev–Trinajstić information content (AvgIpc) is 2.92. The molecule has 1 aromatic heterocycles. The van der Waals surface area contributed by atoms with Crippen molar-refractivity contribution < 1.29 is 13.9 Å². The van der Waals surface area contributed by atoms with E-state index in [4.69, 9.17) is 9.15 Å². The molecule has 1 aromatic carbocycles. The molecule has 2 rings (SSSR count). The topological polar surface area (TPSA) is 77.2 Å². The van der Waals surface area contributed by atoms with Gasteiger partial charge in [0.15, 0.2) is 0 Å². The highest BCUT2D eigenvalue weighted by atomic mass is 32.2. The molecule has 1 atom stereocenters. The minimum absolute atomic E-state index is 0.354. The zero-order valence-electron chi connectivity index (χ0n) is 14.6. The number of amides is 1. The van der Waals surface area contributed by atoms with E-state index in [1.54, 1.807) is 6.92 Å². The monoisotopic (exact) mass is 349 g/mol. The minimum Gasteiger partial charge on any atom is -0.444 e. The number of carbonyl (C=O) groups excluding carboxylic acids is 1. The van der Waals surface area contributed by atoms with Crippen LogP contribution in [0.4, 0.5) is 4.79 Å². The van der Waals surface area contributed by atoms with E-state index >= 15 is 0 Å². The number of nitrogens with zero attached hydrogens (tertiary/aromatic N) is 2. The van der Waals surface area contributed by atoms with Gasteiger partial charge in [-0.15, -0.1) is 10.2 Å². The molecule has 0 bridgehead atoms. The number of ether oxygens (including phenoxy) is 1. The lowest BCUT2D eigenvalue weighted by atomic mass is 10.2. The number of rotatable bonds is 5. The summed E-state index contributed by atoms with van der Waals surface area (Å²) in [7, 11) is 0. The van der Waals surface area contributed by atoms with E-state index < -0.39 is 17.7 Å². The largest absolute Gasteiger partial charge is 0.444 e. The summed E-state index contributed by atoms with van der Waals surface area (Å²) in [4.78, 5) is 11.8. The van der Waals surface area contributed by atoms with Crippen molar-refractivity contribution in [3.8, 4) is 0 Å². The van der Waals surface area contributed by atoms with Gasteiger partial charge in [0.25, 0.3) is 5.22 Å². The van der Waals surface area contributed by atoms with Gasteiger partial charge < -0.3 is 14.5 Å². The fourth-order valence-electron chi connectivity index (χ4n) is 1.95. The van der Waals surface area contributed by atoms with Crippen LogP contribution in [-0.4, -0.2) is 21.9 Å². The molecule has 7 heteroatoms. The molecule has 6 nitrogen and oxygen atoms in total. The van der Waals surface area contributed by atoms with Crippen molar-refractivity contribution in [1.29, 1.82) is 0 Å². The third-order valence-electron chi connectivity index (χ3n) is 2.97. The van der Waals surface area contributed by atoms with Gasteiger partial charge in [0.2, 0.25) is 5.89 Å². The highest BCUT2D eigenvalue weighted by Gasteiger charge is 2.21. The number of carbonyl (C=O) groups is 1. The van der Waals surface area contributed by atoms with Crippen LogP contribution in [0.2, 0.25) is 0 Å². The van der Waals surface area contributed by atoms with Gasteiger partial charge in [-0.25, -0.2) is 4.79 Å². The predicted octanol–water partition coefficient (Wildman–Crippen LogP) is 4.26. The Balaban J connectivity index is 1.89. The van der Waals surface area contributed by atoms with Gasteiger partial charge in [-0.3, -0.25) is 0 Å². The van der Waals surface area contributed by atoms with Crippen LogP contribution in [0.25, 0.3) is 0 Å². The lowest BCUT2D eigenvalue weighted by Crippen LogP contribution is -2.34. The fourth-order valence-corrected chi connectivity index (χ4v) is 2.66. The Hall–Kier alpha value is -2.02. The van der Waals surface area contributed by atoms with Gasteiger partial charge in [0, 0.05) is 5.75 Å². The van der Waals surface area contributed by atoms with E-state index in [1.165, 1.54) is 22.9 Å². The lowest BCUT2D eigenvalue weighted by Gasteiger charge is -2.20. The van der Waals surface area contributed by atoms with Crippen molar-refractivity contribution in [2.45, 2.75) is 57.2 Å². The first-order valence-electron chi connectivity index (χ1n) is 7.74. The highest BCUT2D eigenvalue weighted by molar-refractivity contribution is 7.98. The van der Waals surface area contributed by atoms with Gasteiger partial charge in [0.05, 0.1) is 0 Å². The van der Waals surface area contributed by atoms with E-state index in [9.17, 15) is 4.79 Å². The maximum Gasteiger partial charge on any atom is 0.408 e.